The number of carbonyl (C=O) groups is 1. The molecule has 1 aliphatic rings. The minimum atomic E-state index is -2.19. The maximum atomic E-state index is 11.7. The van der Waals surface area contributed by atoms with Crippen LogP contribution < -0.4 is 0 Å². The summed E-state index contributed by atoms with van der Waals surface area (Å²) >= 11 is 0. The molecule has 2 atom stereocenters. The largest absolute Gasteiger partial charge is 0.488 e. The van der Waals surface area contributed by atoms with Gasteiger partial charge in [-0.2, -0.15) is 0 Å². The van der Waals surface area contributed by atoms with Crippen LogP contribution in [0.15, 0.2) is 24.0 Å². The number of hydrogen-bond donors (Lipinski definition) is 1. The molecule has 0 saturated carbocycles. The van der Waals surface area contributed by atoms with E-state index in [1.807, 2.05) is 4.57 Å². The summed E-state index contributed by atoms with van der Waals surface area (Å²) in [7, 11) is -4.29. The molecule has 0 radical (unpaired) electrons. The highest BCUT2D eigenvalue weighted by atomic mass is 28.4. The number of aromatic nitrogens is 1. The van der Waals surface area contributed by atoms with Gasteiger partial charge in [-0.1, -0.05) is 83.1 Å². The van der Waals surface area contributed by atoms with Crippen LogP contribution in [-0.2, 0) is 26.7 Å². The molecule has 1 aromatic rings. The molecule has 0 aliphatic carbocycles. The van der Waals surface area contributed by atoms with Crippen LogP contribution in [0.3, 0.4) is 0 Å². The van der Waals surface area contributed by atoms with Crippen molar-refractivity contribution in [2.24, 2.45) is 0 Å². The molecular formula is C30H55NO5Si2. The van der Waals surface area contributed by atoms with Gasteiger partial charge in [0.1, 0.15) is 18.0 Å². The zero-order chi connectivity index (χ0) is 29.0. The second-order valence-corrected chi connectivity index (χ2v) is 23.8. The predicted molar refractivity (Wildman–Crippen MR) is 162 cm³/mol. The molecule has 1 aliphatic heterocycles. The summed E-state index contributed by atoms with van der Waals surface area (Å²) in [6.07, 6.45) is 2.48. The van der Waals surface area contributed by atoms with E-state index in [1.165, 1.54) is 0 Å². The highest BCUT2D eigenvalue weighted by Crippen LogP contribution is 2.46. The minimum Gasteiger partial charge on any atom is -0.488 e. The number of hydrogen-bond acceptors (Lipinski definition) is 5. The number of nitrogens with zero attached hydrogens (tertiary/aromatic N) is 1. The normalized spacial score (nSPS) is 19.0. The van der Waals surface area contributed by atoms with Gasteiger partial charge in [0.15, 0.2) is 6.29 Å². The van der Waals surface area contributed by atoms with Gasteiger partial charge in [0.05, 0.1) is 25.5 Å². The van der Waals surface area contributed by atoms with Crippen LogP contribution in [0.25, 0.3) is 0 Å². The monoisotopic (exact) mass is 565 g/mol. The van der Waals surface area contributed by atoms with E-state index in [0.29, 0.717) is 57.8 Å². The first-order valence-electron chi connectivity index (χ1n) is 14.6. The summed E-state index contributed by atoms with van der Waals surface area (Å²) in [6, 6.07) is 3.53. The lowest BCUT2D eigenvalue weighted by Gasteiger charge is -2.45. The Morgan fingerprint density at radius 1 is 0.868 bits per heavy atom. The Morgan fingerprint density at radius 2 is 1.37 bits per heavy atom. The fraction of sp³-hybridized carbons (Fsp3) is 0.767. The average Bonchev–Trinajstić information content (AvgIpc) is 3.39. The van der Waals surface area contributed by atoms with Crippen molar-refractivity contribution in [2.45, 2.75) is 142 Å². The lowest BCUT2D eigenvalue weighted by atomic mass is 10.2. The fourth-order valence-corrected chi connectivity index (χ4v) is 18.4. The highest BCUT2D eigenvalue weighted by Gasteiger charge is 2.50. The molecule has 0 fully saturated rings. The Balaban J connectivity index is 2.48. The maximum Gasteiger partial charge on any atom is 0.201 e. The molecule has 0 bridgehead atoms. The number of rotatable bonds is 15. The van der Waals surface area contributed by atoms with E-state index in [9.17, 15) is 9.90 Å². The Morgan fingerprint density at radius 3 is 1.79 bits per heavy atom. The van der Waals surface area contributed by atoms with Crippen molar-refractivity contribution in [3.63, 3.8) is 0 Å². The molecule has 8 heteroatoms. The molecule has 0 amide bonds. The topological polar surface area (TPSA) is 69.9 Å². The van der Waals surface area contributed by atoms with Crippen molar-refractivity contribution >= 4 is 22.9 Å². The lowest BCUT2D eigenvalue weighted by molar-refractivity contribution is 0.0143. The molecule has 1 aromatic heterocycles. The van der Waals surface area contributed by atoms with E-state index in [2.05, 4.69) is 89.2 Å². The van der Waals surface area contributed by atoms with Crippen LogP contribution in [-0.4, -0.2) is 51.4 Å². The second-order valence-electron chi connectivity index (χ2n) is 12.9. The zero-order valence-corrected chi connectivity index (χ0v) is 28.1. The van der Waals surface area contributed by atoms with Gasteiger partial charge in [0, 0.05) is 5.69 Å². The smallest absolute Gasteiger partial charge is 0.201 e. The standard InChI is InChI=1S/C30H55NO5Si2/c1-20(2)37(21(3)4,22(5)6)34-19-30-29(36-38(23(7)8,24(9)10)25(11)12)15-28(35-30)16-31-26(17-32)13-14-27(31)18-33/h13-15,17,20-25,29-30,33H,16,18-19H2,1-12H3/t29-,30+/m0/s1. The number of aldehydes is 1. The summed E-state index contributed by atoms with van der Waals surface area (Å²) in [5, 5.41) is 9.84. The molecule has 218 valence electrons. The fourth-order valence-electron chi connectivity index (χ4n) is 7.41. The Hall–Kier alpha value is -1.20. The molecule has 2 heterocycles. The number of aliphatic hydroxyl groups excluding tert-OH is 1. The van der Waals surface area contributed by atoms with Crippen LogP contribution in [0.4, 0.5) is 0 Å². The average molecular weight is 566 g/mol. The van der Waals surface area contributed by atoms with Crippen LogP contribution >= 0.6 is 0 Å². The van der Waals surface area contributed by atoms with Crippen molar-refractivity contribution in [2.75, 3.05) is 6.61 Å². The van der Waals surface area contributed by atoms with E-state index in [0.717, 1.165) is 12.0 Å². The van der Waals surface area contributed by atoms with Crippen LogP contribution in [0, 0.1) is 0 Å². The molecule has 2 rings (SSSR count). The van der Waals surface area contributed by atoms with E-state index < -0.39 is 16.6 Å². The third-order valence-electron chi connectivity index (χ3n) is 8.97. The number of aliphatic hydroxyl groups is 1. The zero-order valence-electron chi connectivity index (χ0n) is 26.1. The molecule has 1 N–H and O–H groups in total. The van der Waals surface area contributed by atoms with Crippen molar-refractivity contribution in [1.82, 2.24) is 4.57 Å². The summed E-state index contributed by atoms with van der Waals surface area (Å²) in [5.41, 5.74) is 4.00. The maximum absolute atomic E-state index is 11.7. The summed E-state index contributed by atoms with van der Waals surface area (Å²) in [6.45, 7) is 28.4. The van der Waals surface area contributed by atoms with Gasteiger partial charge >= 0.3 is 0 Å². The Kier molecular flexibility index (Phi) is 11.7. The molecule has 0 aromatic carbocycles. The van der Waals surface area contributed by atoms with Crippen LogP contribution in [0.5, 0.6) is 0 Å². The number of ether oxygens (including phenoxy) is 1. The quantitative estimate of drug-likeness (QED) is 0.173. The van der Waals surface area contributed by atoms with Gasteiger partial charge in [-0.15, -0.1) is 0 Å². The van der Waals surface area contributed by atoms with Crippen LogP contribution in [0.2, 0.25) is 33.2 Å². The van der Waals surface area contributed by atoms with E-state index >= 15 is 0 Å². The van der Waals surface area contributed by atoms with Gasteiger partial charge < -0.3 is 23.3 Å². The van der Waals surface area contributed by atoms with Crippen molar-refractivity contribution in [3.05, 3.63) is 35.4 Å². The predicted octanol–water partition coefficient (Wildman–Crippen LogP) is 7.83. The molecule has 38 heavy (non-hydrogen) atoms. The minimum absolute atomic E-state index is 0.136. The first-order valence-corrected chi connectivity index (χ1v) is 18.9. The molecule has 0 unspecified atom stereocenters. The summed E-state index contributed by atoms with van der Waals surface area (Å²) < 4.78 is 22.7. The van der Waals surface area contributed by atoms with E-state index in [4.69, 9.17) is 13.6 Å². The first-order chi connectivity index (χ1) is 17.7. The summed E-state index contributed by atoms with van der Waals surface area (Å²) in [4.78, 5) is 11.7. The Bertz CT molecular complexity index is 892. The lowest BCUT2D eigenvalue weighted by Crippen LogP contribution is -2.53. The molecule has 6 nitrogen and oxygen atoms in total. The Labute approximate surface area is 234 Å². The summed E-state index contributed by atoms with van der Waals surface area (Å²) in [5.74, 6) is 0.766. The van der Waals surface area contributed by atoms with E-state index in [1.54, 1.807) is 12.1 Å². The van der Waals surface area contributed by atoms with Gasteiger partial charge in [0.25, 0.3) is 0 Å². The number of allylic oxidation sites excluding steroid dienone is 1. The van der Waals surface area contributed by atoms with E-state index in [-0.39, 0.29) is 18.8 Å². The van der Waals surface area contributed by atoms with Gasteiger partial charge in [-0.25, -0.2) is 0 Å². The van der Waals surface area contributed by atoms with Gasteiger partial charge in [0.2, 0.25) is 16.6 Å². The van der Waals surface area contributed by atoms with Crippen molar-refractivity contribution in [3.8, 4) is 0 Å². The van der Waals surface area contributed by atoms with Crippen molar-refractivity contribution in [1.29, 1.82) is 0 Å². The van der Waals surface area contributed by atoms with Crippen molar-refractivity contribution < 1.29 is 23.5 Å². The van der Waals surface area contributed by atoms with Crippen LogP contribution in [0.1, 0.15) is 99.3 Å². The van der Waals surface area contributed by atoms with Gasteiger partial charge in [-0.05, 0) is 51.5 Å². The molecule has 0 spiro atoms. The molecule has 0 saturated heterocycles. The molecular weight excluding hydrogens is 511 g/mol. The highest BCUT2D eigenvalue weighted by molar-refractivity contribution is 6.78. The van der Waals surface area contributed by atoms with Gasteiger partial charge in [-0.3, -0.25) is 4.79 Å². The second kappa shape index (κ2) is 13.4. The third kappa shape index (κ3) is 6.40. The first kappa shape index (κ1) is 33.0. The third-order valence-corrected chi connectivity index (χ3v) is 21.1. The number of carbonyl (C=O) groups excluding carboxylic acids is 1. The SMILES string of the molecule is CC(C)[Si](OC[C@H]1OC(Cn2c(C=O)ccc2CO)=C[C@@H]1O[Si](C(C)C)(C(C)C)C(C)C)(C(C)C)C(C)C.